The molecule has 2 amide bonds. The molecule has 0 spiro atoms. The van der Waals surface area contributed by atoms with E-state index in [2.05, 4.69) is 5.32 Å². The molecule has 182 valence electrons. The molecule has 0 aromatic heterocycles. The molecular weight excluding hydrogens is 440 g/mol. The van der Waals surface area contributed by atoms with Crippen molar-refractivity contribution >= 4 is 23.6 Å². The zero-order valence-electron chi connectivity index (χ0n) is 20.1. The fourth-order valence-electron chi connectivity index (χ4n) is 3.79. The van der Waals surface area contributed by atoms with Crippen LogP contribution in [-0.2, 0) is 4.79 Å². The zero-order chi connectivity index (χ0) is 24.7. The van der Waals surface area contributed by atoms with Crippen molar-refractivity contribution in [2.24, 2.45) is 0 Å². The molecule has 2 aromatic carbocycles. The number of nitrogens with one attached hydrogen (secondary N) is 1. The van der Waals surface area contributed by atoms with Crippen LogP contribution in [0, 0.1) is 0 Å². The topological polar surface area (TPSA) is 95.6 Å². The minimum atomic E-state index is -0.420. The minimum Gasteiger partial charge on any atom is -0.493 e. The van der Waals surface area contributed by atoms with Crippen LogP contribution in [-0.4, -0.2) is 65.4 Å². The van der Waals surface area contributed by atoms with Crippen molar-refractivity contribution in [3.05, 3.63) is 41.5 Å². The van der Waals surface area contributed by atoms with Crippen molar-refractivity contribution in [3.63, 3.8) is 0 Å². The molecule has 1 aliphatic rings. The molecule has 1 saturated heterocycles. The second kappa shape index (κ2) is 11.3. The van der Waals surface area contributed by atoms with Crippen LogP contribution in [0.3, 0.4) is 0 Å². The first kappa shape index (κ1) is 24.8. The lowest BCUT2D eigenvalue weighted by Crippen LogP contribution is -2.28. The average Bonchev–Trinajstić information content (AvgIpc) is 3.41. The molecule has 1 N–H and O–H groups in total. The Balaban J connectivity index is 1.89. The van der Waals surface area contributed by atoms with Crippen LogP contribution in [0.4, 0.5) is 5.69 Å². The quantitative estimate of drug-likeness (QED) is 0.559. The van der Waals surface area contributed by atoms with Gasteiger partial charge in [-0.3, -0.25) is 9.59 Å². The smallest absolute Gasteiger partial charge is 0.256 e. The Kier molecular flexibility index (Phi) is 8.24. The van der Waals surface area contributed by atoms with Crippen LogP contribution in [0.1, 0.15) is 28.8 Å². The lowest BCUT2D eigenvalue weighted by Gasteiger charge is -2.19. The summed E-state index contributed by atoms with van der Waals surface area (Å²) >= 11 is 0. The zero-order valence-corrected chi connectivity index (χ0v) is 20.1. The van der Waals surface area contributed by atoms with Crippen LogP contribution in [0.2, 0.25) is 0 Å². The molecular formula is C25H30N2O7. The van der Waals surface area contributed by atoms with E-state index in [1.54, 1.807) is 35.2 Å². The third-order valence-electron chi connectivity index (χ3n) is 5.52. The lowest BCUT2D eigenvalue weighted by atomic mass is 10.1. The fraction of sp³-hybridized carbons (Fsp3) is 0.360. The van der Waals surface area contributed by atoms with Crippen molar-refractivity contribution in [3.8, 4) is 28.7 Å². The summed E-state index contributed by atoms with van der Waals surface area (Å²) in [5.74, 6) is 1.64. The molecule has 0 saturated carbocycles. The molecule has 1 fully saturated rings. The minimum absolute atomic E-state index is 0.164. The van der Waals surface area contributed by atoms with Gasteiger partial charge in [0, 0.05) is 25.2 Å². The molecule has 3 rings (SSSR count). The molecule has 0 aliphatic carbocycles. The Labute approximate surface area is 199 Å². The number of benzene rings is 2. The van der Waals surface area contributed by atoms with Gasteiger partial charge in [0.15, 0.2) is 23.0 Å². The molecule has 2 aromatic rings. The molecule has 9 heteroatoms. The van der Waals surface area contributed by atoms with E-state index in [9.17, 15) is 9.59 Å². The van der Waals surface area contributed by atoms with Gasteiger partial charge >= 0.3 is 0 Å². The summed E-state index contributed by atoms with van der Waals surface area (Å²) in [5, 5.41) is 2.79. The van der Waals surface area contributed by atoms with Gasteiger partial charge in [-0.25, -0.2) is 0 Å². The van der Waals surface area contributed by atoms with E-state index in [4.69, 9.17) is 23.7 Å². The first-order chi connectivity index (χ1) is 16.4. The van der Waals surface area contributed by atoms with Gasteiger partial charge in [0.25, 0.3) is 5.91 Å². The van der Waals surface area contributed by atoms with E-state index in [1.165, 1.54) is 41.6 Å². The van der Waals surface area contributed by atoms with E-state index >= 15 is 0 Å². The Morgan fingerprint density at radius 1 is 0.794 bits per heavy atom. The maximum atomic E-state index is 13.1. The Hall–Kier alpha value is -3.88. The van der Waals surface area contributed by atoms with Crippen molar-refractivity contribution in [1.29, 1.82) is 0 Å². The number of rotatable bonds is 9. The van der Waals surface area contributed by atoms with Crippen molar-refractivity contribution < 1.29 is 33.3 Å². The monoisotopic (exact) mass is 470 g/mol. The van der Waals surface area contributed by atoms with Crippen LogP contribution in [0.15, 0.2) is 30.3 Å². The SMILES string of the molecule is COc1cc(NC(=O)/C=C/c2cc(OC)c(OC)c(OC)c2)c(C(=O)N2CCCC2)cc1OC. The van der Waals surface area contributed by atoms with Crippen LogP contribution >= 0.6 is 0 Å². The molecule has 1 aliphatic heterocycles. The molecule has 34 heavy (non-hydrogen) atoms. The molecule has 1 heterocycles. The van der Waals surface area contributed by atoms with Crippen molar-refractivity contribution in [2.45, 2.75) is 12.8 Å². The number of likely N-dealkylation sites (tertiary alicyclic amines) is 1. The van der Waals surface area contributed by atoms with Gasteiger partial charge in [0.05, 0.1) is 46.8 Å². The van der Waals surface area contributed by atoms with E-state index in [-0.39, 0.29) is 5.91 Å². The summed E-state index contributed by atoms with van der Waals surface area (Å²) in [6.45, 7) is 1.36. The number of carbonyl (C=O) groups excluding carboxylic acids is 2. The number of methoxy groups -OCH3 is 5. The van der Waals surface area contributed by atoms with Crippen LogP contribution in [0.5, 0.6) is 28.7 Å². The highest BCUT2D eigenvalue weighted by Gasteiger charge is 2.24. The maximum Gasteiger partial charge on any atom is 0.256 e. The highest BCUT2D eigenvalue weighted by atomic mass is 16.5. The maximum absolute atomic E-state index is 13.1. The number of amides is 2. The number of nitrogens with zero attached hydrogens (tertiary/aromatic N) is 1. The second-order valence-corrected chi connectivity index (χ2v) is 7.53. The average molecular weight is 471 g/mol. The largest absolute Gasteiger partial charge is 0.493 e. The van der Waals surface area contributed by atoms with Crippen LogP contribution < -0.4 is 29.0 Å². The second-order valence-electron chi connectivity index (χ2n) is 7.53. The van der Waals surface area contributed by atoms with Gasteiger partial charge in [-0.2, -0.15) is 0 Å². The van der Waals surface area contributed by atoms with E-state index in [0.29, 0.717) is 58.7 Å². The van der Waals surface area contributed by atoms with Gasteiger partial charge in [-0.15, -0.1) is 0 Å². The van der Waals surface area contributed by atoms with Gasteiger partial charge in [0.1, 0.15) is 0 Å². The van der Waals surface area contributed by atoms with E-state index < -0.39 is 5.91 Å². The molecule has 9 nitrogen and oxygen atoms in total. The molecule has 0 unspecified atom stereocenters. The highest BCUT2D eigenvalue weighted by molar-refractivity contribution is 6.08. The summed E-state index contributed by atoms with van der Waals surface area (Å²) in [5.41, 5.74) is 1.36. The first-order valence-corrected chi connectivity index (χ1v) is 10.8. The predicted molar refractivity (Wildman–Crippen MR) is 128 cm³/mol. The molecule has 0 atom stereocenters. The summed E-state index contributed by atoms with van der Waals surface area (Å²) < 4.78 is 26.8. The summed E-state index contributed by atoms with van der Waals surface area (Å²) in [6.07, 6.45) is 4.89. The number of ether oxygens (including phenoxy) is 5. The van der Waals surface area contributed by atoms with Gasteiger partial charge in [-0.05, 0) is 42.7 Å². The van der Waals surface area contributed by atoms with E-state index in [1.807, 2.05) is 0 Å². The number of hydrogen-bond acceptors (Lipinski definition) is 7. The lowest BCUT2D eigenvalue weighted by molar-refractivity contribution is -0.111. The standard InChI is InChI=1S/C25H30N2O7/c1-30-19-14-17(25(29)27-10-6-7-11-27)18(15-20(19)31-2)26-23(28)9-8-16-12-21(32-3)24(34-5)22(13-16)33-4/h8-9,12-15H,6-7,10-11H2,1-5H3,(H,26,28)/b9-8+. The number of hydrogen-bond donors (Lipinski definition) is 1. The van der Waals surface area contributed by atoms with Crippen LogP contribution in [0.25, 0.3) is 6.08 Å². The third-order valence-corrected chi connectivity index (χ3v) is 5.52. The summed E-state index contributed by atoms with van der Waals surface area (Å²) in [4.78, 5) is 27.7. The summed E-state index contributed by atoms with van der Waals surface area (Å²) in [7, 11) is 7.56. The van der Waals surface area contributed by atoms with Gasteiger partial charge in [-0.1, -0.05) is 0 Å². The number of anilines is 1. The Morgan fingerprint density at radius 2 is 1.35 bits per heavy atom. The van der Waals surface area contributed by atoms with E-state index in [0.717, 1.165) is 12.8 Å². The highest BCUT2D eigenvalue weighted by Crippen LogP contribution is 2.38. The fourth-order valence-corrected chi connectivity index (χ4v) is 3.79. The molecule has 0 bridgehead atoms. The van der Waals surface area contributed by atoms with Gasteiger partial charge in [0.2, 0.25) is 11.7 Å². The van der Waals surface area contributed by atoms with Crippen molar-refractivity contribution in [2.75, 3.05) is 54.0 Å². The third kappa shape index (κ3) is 5.36. The predicted octanol–water partition coefficient (Wildman–Crippen LogP) is 3.62. The molecule has 0 radical (unpaired) electrons. The Bertz CT molecular complexity index is 1050. The summed E-state index contributed by atoms with van der Waals surface area (Å²) in [6, 6.07) is 6.64. The van der Waals surface area contributed by atoms with Gasteiger partial charge < -0.3 is 33.9 Å². The Morgan fingerprint density at radius 3 is 1.88 bits per heavy atom. The van der Waals surface area contributed by atoms with Crippen molar-refractivity contribution in [1.82, 2.24) is 4.90 Å². The number of carbonyl (C=O) groups is 2. The first-order valence-electron chi connectivity index (χ1n) is 10.8. The normalized spacial score (nSPS) is 13.0.